The molecule has 26 heavy (non-hydrogen) atoms. The van der Waals surface area contributed by atoms with E-state index in [-0.39, 0.29) is 12.8 Å². The third-order valence-electron chi connectivity index (χ3n) is 3.99. The fourth-order valence-corrected chi connectivity index (χ4v) is 2.35. The molecule has 6 heteroatoms. The number of hydrogen-bond acceptors (Lipinski definition) is 4. The van der Waals surface area contributed by atoms with Gasteiger partial charge in [0.25, 0.3) is 0 Å². The molecule has 0 spiro atoms. The molecule has 0 bridgehead atoms. The molecule has 0 saturated carbocycles. The lowest BCUT2D eigenvalue weighted by atomic mass is 10.1. The molecule has 0 aliphatic carbocycles. The highest BCUT2D eigenvalue weighted by atomic mass is 16.4. The Labute approximate surface area is 157 Å². The van der Waals surface area contributed by atoms with Gasteiger partial charge < -0.3 is 10.2 Å². The molecule has 0 aliphatic rings. The maximum Gasteiger partial charge on any atom is 0.372 e. The van der Waals surface area contributed by atoms with Crippen LogP contribution < -0.4 is 0 Å². The summed E-state index contributed by atoms with van der Waals surface area (Å²) in [6.07, 6.45) is 13.4. The predicted molar refractivity (Wildman–Crippen MR) is 101 cm³/mol. The van der Waals surface area contributed by atoms with E-state index in [9.17, 15) is 19.2 Å². The maximum atomic E-state index is 10.7. The van der Waals surface area contributed by atoms with Crippen molar-refractivity contribution in [1.82, 2.24) is 0 Å². The van der Waals surface area contributed by atoms with Gasteiger partial charge in [-0.25, -0.2) is 9.59 Å². The van der Waals surface area contributed by atoms with E-state index >= 15 is 0 Å². The number of unbranched alkanes of at least 4 members (excludes halogenated alkanes) is 10. The van der Waals surface area contributed by atoms with Crippen LogP contribution in [0.4, 0.5) is 0 Å². The normalized spacial score (nSPS) is 9.92. The zero-order valence-electron chi connectivity index (χ0n) is 16.4. The van der Waals surface area contributed by atoms with Gasteiger partial charge in [-0.05, 0) is 12.8 Å². The van der Waals surface area contributed by atoms with Crippen molar-refractivity contribution in [2.75, 3.05) is 0 Å². The SMILES string of the molecule is CCCCCCC(=O)C(=O)O.CCCCCCCCCCC(=O)C(=O)O. The Bertz CT molecular complexity index is 403. The van der Waals surface area contributed by atoms with E-state index in [4.69, 9.17) is 10.2 Å². The molecule has 0 unspecified atom stereocenters. The Kier molecular flexibility index (Phi) is 20.0. The Morgan fingerprint density at radius 2 is 0.769 bits per heavy atom. The number of carboxylic acids is 2. The van der Waals surface area contributed by atoms with Crippen molar-refractivity contribution in [2.45, 2.75) is 104 Å². The zero-order valence-corrected chi connectivity index (χ0v) is 16.4. The average molecular weight is 373 g/mol. The van der Waals surface area contributed by atoms with Crippen LogP contribution in [-0.2, 0) is 19.2 Å². The molecule has 152 valence electrons. The monoisotopic (exact) mass is 372 g/mol. The zero-order chi connectivity index (χ0) is 20.2. The quantitative estimate of drug-likeness (QED) is 0.298. The molecule has 0 heterocycles. The Balaban J connectivity index is 0. The summed E-state index contributed by atoms with van der Waals surface area (Å²) in [5.41, 5.74) is 0. The lowest BCUT2D eigenvalue weighted by molar-refractivity contribution is -0.149. The van der Waals surface area contributed by atoms with E-state index in [2.05, 4.69) is 13.8 Å². The standard InChI is InChI=1S/C12H22O3.C8H14O3/c1-2-3-4-5-6-7-8-9-10-11(13)12(14)15;1-2-3-4-5-6-7(9)8(10)11/h2-10H2,1H3,(H,14,15);2-6H2,1H3,(H,10,11). The second-order valence-corrected chi connectivity index (χ2v) is 6.49. The number of Topliss-reactive ketones (excluding diaryl/α,β-unsaturated/α-hetero) is 2. The highest BCUT2D eigenvalue weighted by Gasteiger charge is 2.10. The van der Waals surface area contributed by atoms with Gasteiger partial charge >= 0.3 is 11.9 Å². The molecule has 0 rings (SSSR count). The first-order chi connectivity index (χ1) is 12.4. The summed E-state index contributed by atoms with van der Waals surface area (Å²) in [4.78, 5) is 41.4. The Morgan fingerprint density at radius 1 is 0.500 bits per heavy atom. The minimum atomic E-state index is -1.30. The summed E-state index contributed by atoms with van der Waals surface area (Å²) in [7, 11) is 0. The van der Waals surface area contributed by atoms with E-state index in [1.165, 1.54) is 32.1 Å². The fraction of sp³-hybridized carbons (Fsp3) is 0.800. The van der Waals surface area contributed by atoms with Crippen molar-refractivity contribution in [3.8, 4) is 0 Å². The molecule has 0 amide bonds. The van der Waals surface area contributed by atoms with Crippen LogP contribution in [0.1, 0.15) is 104 Å². The number of ketones is 2. The summed E-state index contributed by atoms with van der Waals surface area (Å²) < 4.78 is 0. The van der Waals surface area contributed by atoms with Gasteiger partial charge in [-0.1, -0.05) is 78.1 Å². The number of carboxylic acid groups (broad SMARTS) is 2. The molecule has 0 aromatic rings. The minimum absolute atomic E-state index is 0.190. The van der Waals surface area contributed by atoms with E-state index in [1.54, 1.807) is 0 Å². The molecule has 0 fully saturated rings. The van der Waals surface area contributed by atoms with Crippen LogP contribution in [0.25, 0.3) is 0 Å². The van der Waals surface area contributed by atoms with Crippen molar-refractivity contribution >= 4 is 23.5 Å². The van der Waals surface area contributed by atoms with Gasteiger partial charge in [0.1, 0.15) is 0 Å². The highest BCUT2D eigenvalue weighted by Crippen LogP contribution is 2.09. The second kappa shape index (κ2) is 19.6. The number of hydrogen-bond donors (Lipinski definition) is 2. The lowest BCUT2D eigenvalue weighted by Crippen LogP contribution is -2.11. The van der Waals surface area contributed by atoms with E-state index in [0.29, 0.717) is 6.42 Å². The average Bonchev–Trinajstić information content (AvgIpc) is 2.61. The molecular formula is C20H36O6. The first kappa shape index (κ1) is 26.5. The molecular weight excluding hydrogens is 336 g/mol. The highest BCUT2D eigenvalue weighted by molar-refractivity contribution is 6.32. The minimum Gasteiger partial charge on any atom is -0.476 e. The molecule has 0 aliphatic heterocycles. The number of carbonyl (C=O) groups is 4. The van der Waals surface area contributed by atoms with E-state index in [0.717, 1.165) is 38.5 Å². The van der Waals surface area contributed by atoms with Crippen molar-refractivity contribution < 1.29 is 29.4 Å². The largest absolute Gasteiger partial charge is 0.476 e. The third-order valence-corrected chi connectivity index (χ3v) is 3.99. The topological polar surface area (TPSA) is 109 Å². The van der Waals surface area contributed by atoms with Gasteiger partial charge in [-0.2, -0.15) is 0 Å². The van der Waals surface area contributed by atoms with Gasteiger partial charge in [-0.3, -0.25) is 9.59 Å². The predicted octanol–water partition coefficient (Wildman–Crippen LogP) is 4.78. The molecule has 2 N–H and O–H groups in total. The molecule has 0 radical (unpaired) electrons. The summed E-state index contributed by atoms with van der Waals surface area (Å²) in [5, 5.41) is 16.5. The van der Waals surface area contributed by atoms with Gasteiger partial charge in [0.15, 0.2) is 0 Å². The number of aliphatic carboxylic acids is 2. The molecule has 0 saturated heterocycles. The smallest absolute Gasteiger partial charge is 0.372 e. The van der Waals surface area contributed by atoms with Crippen LogP contribution in [0.15, 0.2) is 0 Å². The molecule has 6 nitrogen and oxygen atoms in total. The summed E-state index contributed by atoms with van der Waals surface area (Å²) in [5.74, 6) is -3.92. The Hall–Kier alpha value is -1.72. The van der Waals surface area contributed by atoms with Gasteiger partial charge in [-0.15, -0.1) is 0 Å². The summed E-state index contributed by atoms with van der Waals surface area (Å²) in [6.45, 7) is 4.26. The molecule has 0 aromatic heterocycles. The first-order valence-corrected chi connectivity index (χ1v) is 9.89. The van der Waals surface area contributed by atoms with Crippen molar-refractivity contribution in [3.63, 3.8) is 0 Å². The van der Waals surface area contributed by atoms with Crippen molar-refractivity contribution in [2.24, 2.45) is 0 Å². The van der Waals surface area contributed by atoms with Crippen LogP contribution in [0.3, 0.4) is 0 Å². The van der Waals surface area contributed by atoms with Crippen LogP contribution in [0.2, 0.25) is 0 Å². The van der Waals surface area contributed by atoms with Crippen LogP contribution >= 0.6 is 0 Å². The number of carbonyl (C=O) groups excluding carboxylic acids is 2. The van der Waals surface area contributed by atoms with Gasteiger partial charge in [0.2, 0.25) is 11.6 Å². The first-order valence-electron chi connectivity index (χ1n) is 9.89. The van der Waals surface area contributed by atoms with Gasteiger partial charge in [0, 0.05) is 12.8 Å². The molecule has 0 atom stereocenters. The van der Waals surface area contributed by atoms with Crippen LogP contribution in [0.5, 0.6) is 0 Å². The van der Waals surface area contributed by atoms with Crippen LogP contribution in [0, 0.1) is 0 Å². The van der Waals surface area contributed by atoms with E-state index < -0.39 is 23.5 Å². The fourth-order valence-electron chi connectivity index (χ4n) is 2.35. The summed E-state index contributed by atoms with van der Waals surface area (Å²) in [6, 6.07) is 0. The Morgan fingerprint density at radius 3 is 1.08 bits per heavy atom. The van der Waals surface area contributed by atoms with Crippen molar-refractivity contribution in [3.05, 3.63) is 0 Å². The lowest BCUT2D eigenvalue weighted by Gasteiger charge is -2.00. The van der Waals surface area contributed by atoms with Crippen LogP contribution in [-0.4, -0.2) is 33.7 Å². The van der Waals surface area contributed by atoms with Crippen molar-refractivity contribution in [1.29, 1.82) is 0 Å². The van der Waals surface area contributed by atoms with E-state index in [1.807, 2.05) is 0 Å². The third kappa shape index (κ3) is 20.3. The summed E-state index contributed by atoms with van der Waals surface area (Å²) >= 11 is 0. The maximum absolute atomic E-state index is 10.7. The van der Waals surface area contributed by atoms with Gasteiger partial charge in [0.05, 0.1) is 0 Å². The molecule has 0 aromatic carbocycles. The number of rotatable bonds is 16. The second-order valence-electron chi connectivity index (χ2n) is 6.49.